The van der Waals surface area contributed by atoms with Crippen LogP contribution in [0.3, 0.4) is 0 Å². The molecule has 2 aliphatic heterocycles. The van der Waals surface area contributed by atoms with Crippen molar-refractivity contribution < 1.29 is 8.42 Å². The number of aromatic nitrogens is 4. The first-order valence-corrected chi connectivity index (χ1v) is 13.4. The van der Waals surface area contributed by atoms with E-state index >= 15 is 0 Å². The second kappa shape index (κ2) is 8.93. The van der Waals surface area contributed by atoms with Crippen LogP contribution in [0.25, 0.3) is 5.69 Å². The van der Waals surface area contributed by atoms with E-state index in [2.05, 4.69) is 59.4 Å². The van der Waals surface area contributed by atoms with Gasteiger partial charge in [-0.25, -0.2) is 4.98 Å². The van der Waals surface area contributed by atoms with Crippen LogP contribution >= 0.6 is 22.6 Å². The van der Waals surface area contributed by atoms with Crippen LogP contribution in [-0.2, 0) is 23.3 Å². The number of benzene rings is 1. The lowest BCUT2D eigenvalue weighted by Gasteiger charge is -2.32. The fourth-order valence-corrected chi connectivity index (χ4v) is 6.16. The largest absolute Gasteiger partial charge is 0.357 e. The van der Waals surface area contributed by atoms with Gasteiger partial charge in [-0.3, -0.25) is 4.57 Å². The average Bonchev–Trinajstić information content (AvgIpc) is 3.15. The second-order valence-electron chi connectivity index (χ2n) is 8.59. The number of rotatable bonds is 4. The molecule has 1 saturated heterocycles. The number of halogens is 1. The molecule has 1 fully saturated rings. The first-order chi connectivity index (χ1) is 15.8. The number of nitrogens with zero attached hydrogens (tertiary/aromatic N) is 7. The molecule has 0 unspecified atom stereocenters. The molecule has 0 amide bonds. The Morgan fingerprint density at radius 2 is 1.85 bits per heavy atom. The molecular weight excluding hydrogens is 553 g/mol. The summed E-state index contributed by atoms with van der Waals surface area (Å²) in [7, 11) is -0.492. The van der Waals surface area contributed by atoms with Gasteiger partial charge in [0.25, 0.3) is 10.2 Å². The normalized spacial score (nSPS) is 17.6. The first kappa shape index (κ1) is 22.7. The van der Waals surface area contributed by atoms with Crippen molar-refractivity contribution in [2.24, 2.45) is 0 Å². The van der Waals surface area contributed by atoms with E-state index in [0.717, 1.165) is 52.4 Å². The molecule has 9 nitrogen and oxygen atoms in total. The highest BCUT2D eigenvalue weighted by Gasteiger charge is 2.34. The summed E-state index contributed by atoms with van der Waals surface area (Å²) in [5.74, 6) is 2.82. The maximum absolute atomic E-state index is 13.0. The van der Waals surface area contributed by atoms with Gasteiger partial charge in [-0.15, -0.1) is 10.2 Å². The molecule has 0 atom stereocenters. The summed E-state index contributed by atoms with van der Waals surface area (Å²) >= 11 is 2.27. The van der Waals surface area contributed by atoms with Crippen molar-refractivity contribution in [1.29, 1.82) is 0 Å². The van der Waals surface area contributed by atoms with Crippen molar-refractivity contribution in [3.8, 4) is 5.69 Å². The molecule has 0 aliphatic carbocycles. The molecule has 0 spiro atoms. The zero-order chi connectivity index (χ0) is 23.2. The molecule has 4 heterocycles. The molecule has 1 aromatic carbocycles. The lowest BCUT2D eigenvalue weighted by Crippen LogP contribution is -2.39. The van der Waals surface area contributed by atoms with E-state index in [-0.39, 0.29) is 12.5 Å². The maximum atomic E-state index is 13.0. The Kier molecular flexibility index (Phi) is 6.14. The zero-order valence-electron chi connectivity index (χ0n) is 18.6. The third-order valence-corrected chi connectivity index (χ3v) is 8.83. The Hall–Kier alpha value is -2.09. The molecule has 0 bridgehead atoms. The van der Waals surface area contributed by atoms with Crippen LogP contribution in [-0.4, -0.2) is 64.0 Å². The zero-order valence-corrected chi connectivity index (χ0v) is 21.6. The van der Waals surface area contributed by atoms with Crippen molar-refractivity contribution in [1.82, 2.24) is 28.4 Å². The minimum atomic E-state index is -3.61. The fraction of sp³-hybridized carbons (Fsp3) is 0.409. The van der Waals surface area contributed by atoms with Gasteiger partial charge >= 0.3 is 0 Å². The van der Waals surface area contributed by atoms with E-state index in [1.807, 2.05) is 30.5 Å². The summed E-state index contributed by atoms with van der Waals surface area (Å²) in [4.78, 5) is 6.79. The molecule has 5 rings (SSSR count). The average molecular weight is 579 g/mol. The van der Waals surface area contributed by atoms with E-state index in [4.69, 9.17) is 0 Å². The quantitative estimate of drug-likeness (QED) is 0.442. The molecular formula is C22H26IN7O2S. The molecule has 174 valence electrons. The molecule has 0 saturated carbocycles. The number of anilines is 1. The lowest BCUT2D eigenvalue weighted by molar-refractivity contribution is 0.361. The van der Waals surface area contributed by atoms with Gasteiger partial charge in [0, 0.05) is 49.4 Å². The van der Waals surface area contributed by atoms with E-state index < -0.39 is 10.2 Å². The van der Waals surface area contributed by atoms with Crippen molar-refractivity contribution in [3.63, 3.8) is 0 Å². The summed E-state index contributed by atoms with van der Waals surface area (Å²) in [5, 5.41) is 9.06. The molecule has 0 N–H and O–H groups in total. The minimum Gasteiger partial charge on any atom is -0.357 e. The number of piperidine rings is 1. The number of pyridine rings is 1. The summed E-state index contributed by atoms with van der Waals surface area (Å²) in [6, 6.07) is 12.1. The minimum absolute atomic E-state index is 0.186. The van der Waals surface area contributed by atoms with Gasteiger partial charge in [0.05, 0.1) is 12.2 Å². The lowest BCUT2D eigenvalue weighted by atomic mass is 9.95. The Bertz CT molecular complexity index is 1260. The molecule has 3 aromatic rings. The Labute approximate surface area is 207 Å². The van der Waals surface area contributed by atoms with Crippen LogP contribution in [0.4, 0.5) is 5.82 Å². The summed E-state index contributed by atoms with van der Waals surface area (Å²) in [6.45, 7) is 2.27. The van der Waals surface area contributed by atoms with E-state index in [0.29, 0.717) is 12.4 Å². The van der Waals surface area contributed by atoms with Crippen molar-refractivity contribution >= 4 is 38.6 Å². The number of fused-ring (bicyclic) bond motifs is 3. The second-order valence-corrected chi connectivity index (χ2v) is 12.0. The molecule has 11 heteroatoms. The van der Waals surface area contributed by atoms with Gasteiger partial charge < -0.3 is 4.90 Å². The molecule has 33 heavy (non-hydrogen) atoms. The third kappa shape index (κ3) is 4.27. The SMILES string of the molecule is CN(C)S(=O)(=O)N1Cc2cc(I)ccc2-n2c(nnc2C2CCN(c3ccccn3)CC2)C1. The number of hydrogen-bond acceptors (Lipinski definition) is 6. The Balaban J connectivity index is 1.49. The highest BCUT2D eigenvalue weighted by Crippen LogP contribution is 2.34. The first-order valence-electron chi connectivity index (χ1n) is 10.9. The van der Waals surface area contributed by atoms with E-state index in [1.54, 1.807) is 14.1 Å². The van der Waals surface area contributed by atoms with Gasteiger partial charge in [0.15, 0.2) is 5.82 Å². The third-order valence-electron chi connectivity index (χ3n) is 6.32. The topological polar surface area (TPSA) is 87.5 Å². The van der Waals surface area contributed by atoms with Gasteiger partial charge in [-0.05, 0) is 71.3 Å². The van der Waals surface area contributed by atoms with Crippen molar-refractivity contribution in [2.75, 3.05) is 32.1 Å². The number of hydrogen-bond donors (Lipinski definition) is 0. The fourth-order valence-electron chi connectivity index (χ4n) is 4.56. The molecule has 0 radical (unpaired) electrons. The highest BCUT2D eigenvalue weighted by molar-refractivity contribution is 14.1. The van der Waals surface area contributed by atoms with Gasteiger partial charge in [0.1, 0.15) is 11.6 Å². The predicted octanol–water partition coefficient (Wildman–Crippen LogP) is 2.77. The van der Waals surface area contributed by atoms with Crippen molar-refractivity contribution in [3.05, 3.63) is 63.4 Å². The van der Waals surface area contributed by atoms with Crippen LogP contribution in [0.1, 0.15) is 36.0 Å². The highest BCUT2D eigenvalue weighted by atomic mass is 127. The molecule has 2 aromatic heterocycles. The van der Waals surface area contributed by atoms with Crippen LogP contribution in [0.15, 0.2) is 42.6 Å². The van der Waals surface area contributed by atoms with Crippen LogP contribution in [0.2, 0.25) is 0 Å². The summed E-state index contributed by atoms with van der Waals surface area (Å²) in [6.07, 6.45) is 3.70. The molecule has 2 aliphatic rings. The van der Waals surface area contributed by atoms with Gasteiger partial charge in [-0.2, -0.15) is 17.0 Å². The Morgan fingerprint density at radius 3 is 2.55 bits per heavy atom. The van der Waals surface area contributed by atoms with Crippen molar-refractivity contribution in [2.45, 2.75) is 31.8 Å². The predicted molar refractivity (Wildman–Crippen MR) is 134 cm³/mol. The van der Waals surface area contributed by atoms with E-state index in [1.165, 1.54) is 8.61 Å². The Morgan fingerprint density at radius 1 is 1.06 bits per heavy atom. The summed E-state index contributed by atoms with van der Waals surface area (Å²) in [5.41, 5.74) is 1.92. The smallest absolute Gasteiger partial charge is 0.282 e. The maximum Gasteiger partial charge on any atom is 0.282 e. The van der Waals surface area contributed by atoms with Crippen LogP contribution in [0, 0.1) is 3.57 Å². The van der Waals surface area contributed by atoms with E-state index in [9.17, 15) is 8.42 Å². The summed E-state index contributed by atoms with van der Waals surface area (Å²) < 4.78 is 31.9. The van der Waals surface area contributed by atoms with Crippen LogP contribution < -0.4 is 4.90 Å². The van der Waals surface area contributed by atoms with Gasteiger partial charge in [0.2, 0.25) is 0 Å². The standard InChI is InChI=1S/C22H26IN7O2S/c1-27(2)33(31,32)29-14-17-13-18(23)6-7-19(17)30-21(15-29)25-26-22(30)16-8-11-28(12-9-16)20-5-3-4-10-24-20/h3-7,10,13,16H,8-9,11-12,14-15H2,1-2H3. The monoisotopic (exact) mass is 579 g/mol. The van der Waals surface area contributed by atoms with Gasteiger partial charge in [-0.1, -0.05) is 6.07 Å². The van der Waals surface area contributed by atoms with Crippen LogP contribution in [0.5, 0.6) is 0 Å².